The quantitative estimate of drug-likeness (QED) is 0.0713. The Morgan fingerprint density at radius 2 is 0.897 bits per heavy atom. The van der Waals surface area contributed by atoms with Gasteiger partial charge in [0.15, 0.2) is 0 Å². The predicted molar refractivity (Wildman–Crippen MR) is 271 cm³/mol. The van der Waals surface area contributed by atoms with Crippen LogP contribution >= 0.6 is 0 Å². The van der Waals surface area contributed by atoms with E-state index in [9.17, 15) is 19.8 Å². The first-order valence-electron chi connectivity index (χ1n) is 25.0. The third-order valence-electron chi connectivity index (χ3n) is 14.5. The normalized spacial score (nSPS) is 15.7. The van der Waals surface area contributed by atoms with Gasteiger partial charge in [-0.3, -0.25) is 9.59 Å². The Morgan fingerprint density at radius 1 is 0.544 bits per heavy atom. The number of hydrogen-bond acceptors (Lipinski definition) is 8. The van der Waals surface area contributed by atoms with E-state index in [1.165, 1.54) is 33.8 Å². The number of carboxylic acid groups (broad SMARTS) is 2. The van der Waals surface area contributed by atoms with Crippen LogP contribution in [-0.4, -0.2) is 117 Å². The summed E-state index contributed by atoms with van der Waals surface area (Å²) < 4.78 is 16.0. The Hall–Kier alpha value is -5.40. The molecule has 6 aromatic rings. The van der Waals surface area contributed by atoms with Crippen LogP contribution < -0.4 is 0 Å². The molecule has 0 aliphatic carbocycles. The SMILES string of the molecule is CCOCCn1c(C2CCN(CCc3ccc(C(C)(C)C(=O)O)cc3)CC2)nc2ccccc21.CCOCCn1c(C2CCN(CCc3ccc(C(C)(C)C(=O)O)cc3)CC2)nc2ccccc21. The van der Waals surface area contributed by atoms with Gasteiger partial charge in [-0.15, -0.1) is 0 Å². The molecule has 2 aliphatic heterocycles. The van der Waals surface area contributed by atoms with Gasteiger partial charge in [-0.05, 0) is 153 Å². The maximum atomic E-state index is 11.5. The summed E-state index contributed by atoms with van der Waals surface area (Å²) in [5, 5.41) is 18.9. The third kappa shape index (κ3) is 12.2. The third-order valence-corrected chi connectivity index (χ3v) is 14.5. The van der Waals surface area contributed by atoms with Crippen LogP contribution in [0.5, 0.6) is 0 Å². The Morgan fingerprint density at radius 3 is 1.24 bits per heavy atom. The van der Waals surface area contributed by atoms with Gasteiger partial charge in [0.1, 0.15) is 11.6 Å². The number of likely N-dealkylation sites (tertiary alicyclic amines) is 2. The van der Waals surface area contributed by atoms with Crippen molar-refractivity contribution in [2.24, 2.45) is 0 Å². The Balaban J connectivity index is 0.000000201. The van der Waals surface area contributed by atoms with Gasteiger partial charge in [0.25, 0.3) is 0 Å². The molecule has 68 heavy (non-hydrogen) atoms. The van der Waals surface area contributed by atoms with Gasteiger partial charge in [0, 0.05) is 51.2 Å². The molecule has 0 radical (unpaired) electrons. The van der Waals surface area contributed by atoms with E-state index in [1.807, 2.05) is 38.1 Å². The van der Waals surface area contributed by atoms with Crippen molar-refractivity contribution in [3.8, 4) is 0 Å². The Kier molecular flexibility index (Phi) is 17.3. The van der Waals surface area contributed by atoms with E-state index < -0.39 is 22.8 Å². The molecule has 8 rings (SSSR count). The number of piperidine rings is 2. The summed E-state index contributed by atoms with van der Waals surface area (Å²) >= 11 is 0. The van der Waals surface area contributed by atoms with E-state index in [2.05, 4.69) is 91.7 Å². The number of hydrogen-bond donors (Lipinski definition) is 2. The monoisotopic (exact) mass is 927 g/mol. The molecule has 0 unspecified atom stereocenters. The molecule has 0 atom stereocenters. The lowest BCUT2D eigenvalue weighted by Gasteiger charge is -2.32. The highest BCUT2D eigenvalue weighted by atomic mass is 16.5. The number of benzene rings is 4. The average Bonchev–Trinajstić information content (AvgIpc) is 3.92. The van der Waals surface area contributed by atoms with Crippen molar-refractivity contribution in [3.63, 3.8) is 0 Å². The molecule has 2 N–H and O–H groups in total. The lowest BCUT2D eigenvalue weighted by Crippen LogP contribution is -2.35. The van der Waals surface area contributed by atoms with Crippen LogP contribution in [0.25, 0.3) is 22.1 Å². The molecule has 0 bridgehead atoms. The predicted octanol–water partition coefficient (Wildman–Crippen LogP) is 9.71. The van der Waals surface area contributed by atoms with Gasteiger partial charge in [-0.2, -0.15) is 0 Å². The molecule has 12 nitrogen and oxygen atoms in total. The lowest BCUT2D eigenvalue weighted by atomic mass is 9.84. The molecule has 2 saturated heterocycles. The zero-order chi connectivity index (χ0) is 48.3. The molecular weight excluding hydrogens is 853 g/mol. The van der Waals surface area contributed by atoms with Crippen LogP contribution in [0.2, 0.25) is 0 Å². The number of ether oxygens (including phenoxy) is 2. The lowest BCUT2D eigenvalue weighted by molar-refractivity contribution is -0.143. The summed E-state index contributed by atoms with van der Waals surface area (Å²) in [5.41, 5.74) is 7.03. The Labute approximate surface area is 403 Å². The second-order valence-corrected chi connectivity index (χ2v) is 19.6. The summed E-state index contributed by atoms with van der Waals surface area (Å²) in [5.74, 6) is 1.77. The largest absolute Gasteiger partial charge is 0.481 e. The molecule has 0 amide bonds. The van der Waals surface area contributed by atoms with Gasteiger partial charge >= 0.3 is 11.9 Å². The molecular formula is C56H74N6O6. The average molecular weight is 927 g/mol. The van der Waals surface area contributed by atoms with Crippen molar-refractivity contribution < 1.29 is 29.3 Å². The van der Waals surface area contributed by atoms with Crippen LogP contribution in [0.3, 0.4) is 0 Å². The van der Waals surface area contributed by atoms with Gasteiger partial charge in [0.2, 0.25) is 0 Å². The Bertz CT molecular complexity index is 2370. The number of imidazole rings is 2. The van der Waals surface area contributed by atoms with Crippen molar-refractivity contribution in [3.05, 3.63) is 131 Å². The van der Waals surface area contributed by atoms with Crippen LogP contribution in [0.15, 0.2) is 97.1 Å². The first kappa shape index (κ1) is 50.5. The smallest absolute Gasteiger partial charge is 0.313 e. The first-order chi connectivity index (χ1) is 32.8. The van der Waals surface area contributed by atoms with Crippen LogP contribution in [0.1, 0.15) is 113 Å². The molecule has 4 heterocycles. The van der Waals surface area contributed by atoms with E-state index in [1.54, 1.807) is 27.7 Å². The summed E-state index contributed by atoms with van der Waals surface area (Å²) in [7, 11) is 0. The second-order valence-electron chi connectivity index (χ2n) is 19.6. The number of fused-ring (bicyclic) bond motifs is 2. The zero-order valence-electron chi connectivity index (χ0n) is 41.3. The number of carboxylic acids is 2. The van der Waals surface area contributed by atoms with Crippen molar-refractivity contribution in [1.82, 2.24) is 28.9 Å². The molecule has 2 fully saturated rings. The summed E-state index contributed by atoms with van der Waals surface area (Å²) in [6, 6.07) is 33.0. The summed E-state index contributed by atoms with van der Waals surface area (Å²) in [6.45, 7) is 22.0. The standard InChI is InChI=1S/2C28H37N3O3/c2*1-4-34-20-19-31-25-8-6-5-7-24(25)29-26(31)22-14-17-30(18-15-22)16-13-21-9-11-23(12-10-21)28(2,3)27(32)33/h2*5-12,22H,4,13-20H2,1-3H3,(H,32,33). The van der Waals surface area contributed by atoms with E-state index >= 15 is 0 Å². The number of nitrogens with zero attached hydrogens (tertiary/aromatic N) is 6. The van der Waals surface area contributed by atoms with Gasteiger partial charge in [-0.1, -0.05) is 72.8 Å². The van der Waals surface area contributed by atoms with E-state index in [-0.39, 0.29) is 0 Å². The van der Waals surface area contributed by atoms with Crippen LogP contribution in [0, 0.1) is 0 Å². The van der Waals surface area contributed by atoms with E-state index in [0.717, 1.165) is 126 Å². The number of aliphatic carboxylic acids is 2. The zero-order valence-corrected chi connectivity index (χ0v) is 41.3. The minimum Gasteiger partial charge on any atom is -0.481 e. The van der Waals surface area contributed by atoms with Crippen molar-refractivity contribution >= 4 is 34.0 Å². The van der Waals surface area contributed by atoms with Gasteiger partial charge in [-0.25, -0.2) is 9.97 Å². The summed E-state index contributed by atoms with van der Waals surface area (Å²) in [4.78, 5) is 38.1. The molecule has 2 aromatic heterocycles. The highest BCUT2D eigenvalue weighted by Gasteiger charge is 2.31. The van der Waals surface area contributed by atoms with Crippen molar-refractivity contribution in [1.29, 1.82) is 0 Å². The van der Waals surface area contributed by atoms with E-state index in [0.29, 0.717) is 25.0 Å². The fraction of sp³-hybridized carbons (Fsp3) is 0.500. The fourth-order valence-corrected chi connectivity index (χ4v) is 9.71. The number of carbonyl (C=O) groups is 2. The molecule has 4 aromatic carbocycles. The highest BCUT2D eigenvalue weighted by molar-refractivity contribution is 5.81. The van der Waals surface area contributed by atoms with Gasteiger partial charge in [0.05, 0.1) is 46.1 Å². The molecule has 12 heteroatoms. The molecule has 364 valence electrons. The molecule has 2 aliphatic rings. The van der Waals surface area contributed by atoms with Crippen LogP contribution in [-0.2, 0) is 55.8 Å². The minimum atomic E-state index is -0.862. The van der Waals surface area contributed by atoms with Crippen LogP contribution in [0.4, 0.5) is 0 Å². The van der Waals surface area contributed by atoms with Crippen molar-refractivity contribution in [2.75, 3.05) is 65.7 Å². The maximum Gasteiger partial charge on any atom is 0.313 e. The summed E-state index contributed by atoms with van der Waals surface area (Å²) in [6.07, 6.45) is 6.41. The highest BCUT2D eigenvalue weighted by Crippen LogP contribution is 2.33. The second kappa shape index (κ2) is 23.3. The first-order valence-corrected chi connectivity index (χ1v) is 25.0. The molecule has 0 saturated carbocycles. The molecule has 0 spiro atoms. The number of para-hydroxylation sites is 4. The number of aromatic nitrogens is 4. The van der Waals surface area contributed by atoms with Gasteiger partial charge < -0.3 is 38.6 Å². The fourth-order valence-electron chi connectivity index (χ4n) is 9.71. The van der Waals surface area contributed by atoms with E-state index in [4.69, 9.17) is 19.4 Å². The maximum absolute atomic E-state index is 11.5. The number of rotatable bonds is 20. The van der Waals surface area contributed by atoms with Crippen molar-refractivity contribution in [2.45, 2.75) is 116 Å². The minimum absolute atomic E-state index is 0.475. The topological polar surface area (TPSA) is 135 Å².